The second-order valence-electron chi connectivity index (χ2n) is 12.8. The zero-order chi connectivity index (χ0) is 31.7. The summed E-state index contributed by atoms with van der Waals surface area (Å²) < 4.78 is 10.4. The van der Waals surface area contributed by atoms with E-state index in [4.69, 9.17) is 24.0 Å². The van der Waals surface area contributed by atoms with Gasteiger partial charge in [0, 0.05) is 0 Å². The maximum atomic E-state index is 12.2. The third-order valence-electron chi connectivity index (χ3n) is 8.43. The van der Waals surface area contributed by atoms with Gasteiger partial charge in [0.2, 0.25) is 0 Å². The second kappa shape index (κ2) is 33.7. The van der Waals surface area contributed by atoms with Gasteiger partial charge in [-0.2, -0.15) is 0 Å². The van der Waals surface area contributed by atoms with Gasteiger partial charge >= 0.3 is 191 Å². The Kier molecular flexibility index (Phi) is 33.9. The molecule has 0 radical (unpaired) electrons. The Morgan fingerprint density at radius 1 is 0.372 bits per heavy atom. The molecule has 0 aliphatic carbocycles. The Labute approximate surface area is 280 Å². The second-order valence-corrected chi connectivity index (χ2v) is 24.6. The zero-order valence-electron chi connectivity index (χ0n) is 28.5. The van der Waals surface area contributed by atoms with Gasteiger partial charge in [0.15, 0.2) is 0 Å². The van der Waals surface area contributed by atoms with Crippen LogP contribution < -0.4 is 0 Å². The van der Waals surface area contributed by atoms with Crippen molar-refractivity contribution in [3.05, 3.63) is 0 Å². The molecule has 7 heteroatoms. The van der Waals surface area contributed by atoms with Gasteiger partial charge in [0.05, 0.1) is 0 Å². The van der Waals surface area contributed by atoms with Crippen LogP contribution in [0, 0.1) is 0 Å². The van der Waals surface area contributed by atoms with Gasteiger partial charge in [0.25, 0.3) is 0 Å². The minimum atomic E-state index is -4.60. The summed E-state index contributed by atoms with van der Waals surface area (Å²) in [5.41, 5.74) is 0. The van der Waals surface area contributed by atoms with Crippen LogP contribution >= 0.6 is 17.8 Å². The maximum absolute atomic E-state index is 12.2. The summed E-state index contributed by atoms with van der Waals surface area (Å²) in [6.45, 7) is 4.54. The Balaban J connectivity index is 3.52. The van der Waals surface area contributed by atoms with E-state index in [0.717, 1.165) is 38.5 Å². The van der Waals surface area contributed by atoms with Crippen molar-refractivity contribution >= 4 is 46.7 Å². The summed E-state index contributed by atoms with van der Waals surface area (Å²) in [4.78, 5) is 24.3. The van der Waals surface area contributed by atoms with Crippen molar-refractivity contribution < 1.29 is 15.7 Å². The first-order valence-electron chi connectivity index (χ1n) is 18.7. The molecule has 0 spiro atoms. The summed E-state index contributed by atoms with van der Waals surface area (Å²) in [5, 5.41) is 0. The Bertz CT molecular complexity index is 568. The van der Waals surface area contributed by atoms with Crippen LogP contribution in [0.2, 0.25) is 0 Å². The van der Waals surface area contributed by atoms with Crippen LogP contribution in [0.15, 0.2) is 0 Å². The van der Waals surface area contributed by atoms with Gasteiger partial charge in [-0.25, -0.2) is 0 Å². The van der Waals surface area contributed by atoms with E-state index >= 15 is 0 Å². The van der Waals surface area contributed by atoms with Crippen LogP contribution in [0.1, 0.15) is 219 Å². The van der Waals surface area contributed by atoms with E-state index in [-0.39, 0.29) is 12.8 Å². The van der Waals surface area contributed by atoms with E-state index in [0.29, 0.717) is 0 Å². The molecule has 0 aromatic rings. The van der Waals surface area contributed by atoms with Crippen molar-refractivity contribution in [2.45, 2.75) is 219 Å². The molecule has 256 valence electrons. The van der Waals surface area contributed by atoms with Crippen molar-refractivity contribution in [2.24, 2.45) is 0 Å². The van der Waals surface area contributed by atoms with E-state index in [9.17, 15) is 9.59 Å². The SMILES string of the molecule is CCCCCCCCCCCCCCCCCC(=O)[O][Sn]([Cl])([Cl])[O]C(=O)CCCCCCCCCCCCCCCCC. The average Bonchev–Trinajstić information content (AvgIpc) is 2.96. The fraction of sp³-hybridized carbons (Fsp3) is 0.944. The van der Waals surface area contributed by atoms with Crippen LogP contribution in [-0.4, -0.2) is 28.9 Å². The standard InChI is InChI=1S/2C18H36O2.2ClH.Sn/c2*1-2-3-4-5-6-7-8-9-10-11-12-13-14-15-16-17-18(19)20;;;/h2*2-17H2,1H3,(H,19,20);2*1H;/q;;;;+4/p-4. The van der Waals surface area contributed by atoms with Crippen LogP contribution in [0.4, 0.5) is 0 Å². The Morgan fingerprint density at radius 2 is 0.558 bits per heavy atom. The number of unbranched alkanes of at least 4 members (excludes halogenated alkanes) is 28. The van der Waals surface area contributed by atoms with E-state index < -0.39 is 28.9 Å². The topological polar surface area (TPSA) is 52.6 Å². The van der Waals surface area contributed by atoms with E-state index in [1.807, 2.05) is 0 Å². The monoisotopic (exact) mass is 756 g/mol. The molecule has 0 heterocycles. The molecule has 0 unspecified atom stereocenters. The van der Waals surface area contributed by atoms with Gasteiger partial charge in [0.1, 0.15) is 0 Å². The predicted octanol–water partition coefficient (Wildman–Crippen LogP) is 13.5. The fourth-order valence-corrected chi connectivity index (χ4v) is 10.2. The smallest absolute Gasteiger partial charge is 0.0654 e. The van der Waals surface area contributed by atoms with Gasteiger partial charge in [-0.1, -0.05) is 90.9 Å². The summed E-state index contributed by atoms with van der Waals surface area (Å²) >= 11 is -4.60. The molecule has 0 saturated carbocycles. The summed E-state index contributed by atoms with van der Waals surface area (Å²) in [6, 6.07) is 0. The molecule has 0 aromatic carbocycles. The van der Waals surface area contributed by atoms with Gasteiger partial charge in [-0.15, -0.1) is 0 Å². The van der Waals surface area contributed by atoms with Crippen molar-refractivity contribution in [3.8, 4) is 0 Å². The number of rotatable bonds is 34. The zero-order valence-corrected chi connectivity index (χ0v) is 32.9. The molecule has 0 rings (SSSR count). The minimum Gasteiger partial charge on any atom is -0.0654 e. The molecular formula is C36H70Cl2O4Sn. The normalized spacial score (nSPS) is 11.6. The van der Waals surface area contributed by atoms with E-state index in [2.05, 4.69) is 13.8 Å². The van der Waals surface area contributed by atoms with Crippen LogP contribution in [-0.2, 0) is 15.7 Å². The number of hydrogen-bond acceptors (Lipinski definition) is 4. The first-order chi connectivity index (χ1) is 20.9. The van der Waals surface area contributed by atoms with Crippen LogP contribution in [0.3, 0.4) is 0 Å². The first-order valence-corrected chi connectivity index (χ1v) is 28.3. The predicted molar refractivity (Wildman–Crippen MR) is 189 cm³/mol. The molecule has 0 aromatic heterocycles. The van der Waals surface area contributed by atoms with Gasteiger partial charge < -0.3 is 0 Å². The van der Waals surface area contributed by atoms with Crippen molar-refractivity contribution in [1.82, 2.24) is 0 Å². The minimum absolute atomic E-state index is 0.285. The molecule has 0 atom stereocenters. The van der Waals surface area contributed by atoms with Gasteiger partial charge in [-0.3, -0.25) is 0 Å². The van der Waals surface area contributed by atoms with E-state index in [1.165, 1.54) is 154 Å². The molecule has 0 aliphatic heterocycles. The Morgan fingerprint density at radius 3 is 0.767 bits per heavy atom. The molecule has 0 N–H and O–H groups in total. The third-order valence-corrected chi connectivity index (χ3v) is 13.2. The third kappa shape index (κ3) is 35.0. The molecular weight excluding hydrogens is 686 g/mol. The van der Waals surface area contributed by atoms with Crippen LogP contribution in [0.5, 0.6) is 0 Å². The molecule has 43 heavy (non-hydrogen) atoms. The first kappa shape index (κ1) is 43.3. The van der Waals surface area contributed by atoms with E-state index in [1.54, 1.807) is 0 Å². The molecule has 0 fully saturated rings. The molecule has 0 saturated heterocycles. The molecule has 0 bridgehead atoms. The fourth-order valence-electron chi connectivity index (χ4n) is 5.67. The number of carbonyl (C=O) groups is 2. The molecule has 0 amide bonds. The average molecular weight is 757 g/mol. The van der Waals surface area contributed by atoms with Crippen molar-refractivity contribution in [2.75, 3.05) is 0 Å². The number of carbonyl (C=O) groups excluding carboxylic acids is 2. The Hall–Kier alpha value is 0.319. The number of halogens is 2. The van der Waals surface area contributed by atoms with Crippen molar-refractivity contribution in [3.63, 3.8) is 0 Å². The molecule has 4 nitrogen and oxygen atoms in total. The quantitative estimate of drug-likeness (QED) is 0.0485. The van der Waals surface area contributed by atoms with Crippen LogP contribution in [0.25, 0.3) is 0 Å². The van der Waals surface area contributed by atoms with Crippen molar-refractivity contribution in [1.29, 1.82) is 0 Å². The summed E-state index contributed by atoms with van der Waals surface area (Å²) in [7, 11) is 12.3. The number of hydrogen-bond donors (Lipinski definition) is 0. The summed E-state index contributed by atoms with van der Waals surface area (Å²) in [5.74, 6) is -0.870. The summed E-state index contributed by atoms with van der Waals surface area (Å²) in [6.07, 6.45) is 38.9. The molecule has 0 aliphatic rings. The van der Waals surface area contributed by atoms with Gasteiger partial charge in [-0.05, 0) is 0 Å².